The number of carboxylic acids is 1. The molecule has 0 saturated heterocycles. The van der Waals surface area contributed by atoms with Crippen LogP contribution in [0.15, 0.2) is 48.5 Å². The molecule has 0 fully saturated rings. The van der Waals surface area contributed by atoms with Gasteiger partial charge in [0.25, 0.3) is 0 Å². The van der Waals surface area contributed by atoms with Crippen molar-refractivity contribution < 1.29 is 14.6 Å². The molecule has 21 heavy (non-hydrogen) atoms. The quantitative estimate of drug-likeness (QED) is 0.916. The number of rotatable bonds is 5. The second kappa shape index (κ2) is 5.87. The number of carboxylic acid groups (broad SMARTS) is 1. The van der Waals surface area contributed by atoms with Crippen molar-refractivity contribution in [2.45, 2.75) is 13.0 Å². The van der Waals surface area contributed by atoms with E-state index in [2.05, 4.69) is 0 Å². The summed E-state index contributed by atoms with van der Waals surface area (Å²) in [5, 5.41) is 8.95. The van der Waals surface area contributed by atoms with Gasteiger partial charge in [0.15, 0.2) is 0 Å². The molecule has 0 atom stereocenters. The zero-order chi connectivity index (χ0) is 14.7. The maximum absolute atomic E-state index is 10.9. The molecule has 0 radical (unpaired) electrons. The standard InChI is InChI=1S/C17H17NO3/c19-17(20)11-18-10-9-14-15(18)7-4-8-16(14)21-12-13-5-2-1-3-6-13/h1-8H,9-12H2,(H,19,20). The van der Waals surface area contributed by atoms with E-state index in [1.54, 1.807) is 0 Å². The lowest BCUT2D eigenvalue weighted by Crippen LogP contribution is -2.27. The molecule has 0 aliphatic carbocycles. The van der Waals surface area contributed by atoms with Gasteiger partial charge in [-0.1, -0.05) is 36.4 Å². The van der Waals surface area contributed by atoms with Crippen molar-refractivity contribution in [2.24, 2.45) is 0 Å². The van der Waals surface area contributed by atoms with Gasteiger partial charge in [0.05, 0.1) is 0 Å². The number of hydrogen-bond donors (Lipinski definition) is 1. The number of nitrogens with zero attached hydrogens (tertiary/aromatic N) is 1. The summed E-state index contributed by atoms with van der Waals surface area (Å²) in [6.07, 6.45) is 0.827. The third-order valence-corrected chi connectivity index (χ3v) is 3.64. The molecule has 4 nitrogen and oxygen atoms in total. The lowest BCUT2D eigenvalue weighted by Gasteiger charge is -2.17. The lowest BCUT2D eigenvalue weighted by atomic mass is 10.1. The monoisotopic (exact) mass is 283 g/mol. The van der Waals surface area contributed by atoms with Crippen LogP contribution >= 0.6 is 0 Å². The normalized spacial score (nSPS) is 13.0. The second-order valence-corrected chi connectivity index (χ2v) is 5.09. The molecule has 0 spiro atoms. The maximum atomic E-state index is 10.9. The minimum absolute atomic E-state index is 0.0368. The first-order valence-electron chi connectivity index (χ1n) is 6.99. The summed E-state index contributed by atoms with van der Waals surface area (Å²) in [5.41, 5.74) is 3.20. The number of ether oxygens (including phenoxy) is 1. The van der Waals surface area contributed by atoms with Gasteiger partial charge < -0.3 is 14.7 Å². The molecule has 108 valence electrons. The van der Waals surface area contributed by atoms with Gasteiger partial charge in [-0.05, 0) is 24.1 Å². The average Bonchev–Trinajstić information content (AvgIpc) is 2.89. The molecule has 1 aliphatic rings. The highest BCUT2D eigenvalue weighted by Crippen LogP contribution is 2.35. The highest BCUT2D eigenvalue weighted by molar-refractivity contribution is 5.76. The van der Waals surface area contributed by atoms with Crippen molar-refractivity contribution in [3.05, 3.63) is 59.7 Å². The molecule has 1 heterocycles. The zero-order valence-corrected chi connectivity index (χ0v) is 11.7. The molecule has 2 aromatic rings. The van der Waals surface area contributed by atoms with Gasteiger partial charge in [0.1, 0.15) is 18.9 Å². The number of aliphatic carboxylic acids is 1. The van der Waals surface area contributed by atoms with Crippen molar-refractivity contribution in [1.29, 1.82) is 0 Å². The van der Waals surface area contributed by atoms with Gasteiger partial charge in [-0.2, -0.15) is 0 Å². The Bertz CT molecular complexity index is 640. The molecule has 3 rings (SSSR count). The molecule has 1 N–H and O–H groups in total. The summed E-state index contributed by atoms with van der Waals surface area (Å²) in [4.78, 5) is 12.8. The van der Waals surface area contributed by atoms with Gasteiger partial charge in [-0.3, -0.25) is 4.79 Å². The summed E-state index contributed by atoms with van der Waals surface area (Å²) in [6.45, 7) is 1.29. The Morgan fingerprint density at radius 3 is 2.71 bits per heavy atom. The summed E-state index contributed by atoms with van der Waals surface area (Å²) < 4.78 is 5.91. The third kappa shape index (κ3) is 2.99. The van der Waals surface area contributed by atoms with Crippen LogP contribution in [0.3, 0.4) is 0 Å². The van der Waals surface area contributed by atoms with Crippen molar-refractivity contribution in [3.63, 3.8) is 0 Å². The van der Waals surface area contributed by atoms with E-state index < -0.39 is 5.97 Å². The topological polar surface area (TPSA) is 49.8 Å². The average molecular weight is 283 g/mol. The first kappa shape index (κ1) is 13.5. The Morgan fingerprint density at radius 2 is 1.95 bits per heavy atom. The van der Waals surface area contributed by atoms with Crippen LogP contribution in [0, 0.1) is 0 Å². The number of anilines is 1. The van der Waals surface area contributed by atoms with Crippen LogP contribution in [0.1, 0.15) is 11.1 Å². The molecule has 0 bridgehead atoms. The SMILES string of the molecule is O=C(O)CN1CCc2c(OCc3ccccc3)cccc21. The molecule has 0 amide bonds. The van der Waals surface area contributed by atoms with Gasteiger partial charge >= 0.3 is 5.97 Å². The Balaban J connectivity index is 1.76. The molecule has 0 unspecified atom stereocenters. The van der Waals surface area contributed by atoms with Crippen molar-refractivity contribution in [2.75, 3.05) is 18.0 Å². The smallest absolute Gasteiger partial charge is 0.323 e. The predicted molar refractivity (Wildman–Crippen MR) is 80.8 cm³/mol. The molecule has 0 saturated carbocycles. The molecule has 1 aliphatic heterocycles. The van der Waals surface area contributed by atoms with Crippen LogP contribution in [0.5, 0.6) is 5.75 Å². The van der Waals surface area contributed by atoms with Crippen molar-refractivity contribution in [3.8, 4) is 5.75 Å². The van der Waals surface area contributed by atoms with Crippen LogP contribution in [0.25, 0.3) is 0 Å². The van der Waals surface area contributed by atoms with Gasteiger partial charge in [-0.15, -0.1) is 0 Å². The Morgan fingerprint density at radius 1 is 1.14 bits per heavy atom. The van der Waals surface area contributed by atoms with Gasteiger partial charge in [0.2, 0.25) is 0 Å². The van der Waals surface area contributed by atoms with Crippen LogP contribution in [-0.2, 0) is 17.8 Å². The first-order chi connectivity index (χ1) is 10.2. The van der Waals surface area contributed by atoms with Crippen molar-refractivity contribution in [1.82, 2.24) is 0 Å². The van der Waals surface area contributed by atoms with Crippen LogP contribution in [0.4, 0.5) is 5.69 Å². The number of carbonyl (C=O) groups is 1. The third-order valence-electron chi connectivity index (χ3n) is 3.64. The van der Waals surface area contributed by atoms with E-state index in [-0.39, 0.29) is 6.54 Å². The molecular weight excluding hydrogens is 266 g/mol. The number of benzene rings is 2. The van der Waals surface area contributed by atoms with E-state index in [1.165, 1.54) is 0 Å². The van der Waals surface area contributed by atoms with Crippen LogP contribution in [0.2, 0.25) is 0 Å². The van der Waals surface area contributed by atoms with E-state index in [0.717, 1.165) is 35.5 Å². The largest absolute Gasteiger partial charge is 0.489 e. The molecule has 0 aromatic heterocycles. The van der Waals surface area contributed by atoms with E-state index in [9.17, 15) is 4.79 Å². The van der Waals surface area contributed by atoms with E-state index in [1.807, 2.05) is 53.4 Å². The Labute approximate surface area is 123 Å². The minimum atomic E-state index is -0.807. The van der Waals surface area contributed by atoms with E-state index in [0.29, 0.717) is 6.61 Å². The highest BCUT2D eigenvalue weighted by Gasteiger charge is 2.23. The Kier molecular flexibility index (Phi) is 3.77. The van der Waals surface area contributed by atoms with Crippen molar-refractivity contribution >= 4 is 11.7 Å². The number of hydrogen-bond acceptors (Lipinski definition) is 3. The van der Waals surface area contributed by atoms with E-state index in [4.69, 9.17) is 9.84 Å². The molecular formula is C17H17NO3. The summed E-state index contributed by atoms with van der Waals surface area (Å²) in [5.74, 6) is 0.0442. The fourth-order valence-corrected chi connectivity index (χ4v) is 2.67. The minimum Gasteiger partial charge on any atom is -0.489 e. The summed E-state index contributed by atoms with van der Waals surface area (Å²) in [6, 6.07) is 15.8. The van der Waals surface area contributed by atoms with Crippen LogP contribution < -0.4 is 9.64 Å². The molecule has 4 heteroatoms. The summed E-state index contributed by atoms with van der Waals surface area (Å²) >= 11 is 0. The van der Waals surface area contributed by atoms with E-state index >= 15 is 0 Å². The maximum Gasteiger partial charge on any atom is 0.323 e. The van der Waals surface area contributed by atoms with Crippen LogP contribution in [-0.4, -0.2) is 24.2 Å². The molecule has 2 aromatic carbocycles. The fourth-order valence-electron chi connectivity index (χ4n) is 2.67. The number of fused-ring (bicyclic) bond motifs is 1. The summed E-state index contributed by atoms with van der Waals surface area (Å²) in [7, 11) is 0. The second-order valence-electron chi connectivity index (χ2n) is 5.09. The van der Waals surface area contributed by atoms with Gasteiger partial charge in [-0.25, -0.2) is 0 Å². The first-order valence-corrected chi connectivity index (χ1v) is 6.99. The predicted octanol–water partition coefficient (Wildman–Crippen LogP) is 2.71. The van der Waals surface area contributed by atoms with Gasteiger partial charge in [0, 0.05) is 17.8 Å². The zero-order valence-electron chi connectivity index (χ0n) is 11.7. The lowest BCUT2D eigenvalue weighted by molar-refractivity contribution is -0.135. The Hall–Kier alpha value is -2.49. The fraction of sp³-hybridized carbons (Fsp3) is 0.235. The highest BCUT2D eigenvalue weighted by atomic mass is 16.5.